The molecule has 5 heteroatoms. The van der Waals surface area contributed by atoms with E-state index in [4.69, 9.17) is 0 Å². The molecule has 1 heterocycles. The van der Waals surface area contributed by atoms with Crippen LogP contribution in [0.2, 0.25) is 0 Å². The topological polar surface area (TPSA) is 58.2 Å². The lowest BCUT2D eigenvalue weighted by molar-refractivity contribution is 0.446. The number of sulfonamides is 1. The van der Waals surface area contributed by atoms with Crippen molar-refractivity contribution in [2.24, 2.45) is 11.8 Å². The van der Waals surface area contributed by atoms with E-state index in [1.54, 1.807) is 0 Å². The summed E-state index contributed by atoms with van der Waals surface area (Å²) in [5.41, 5.74) is 0. The van der Waals surface area contributed by atoms with Crippen LogP contribution in [0.3, 0.4) is 0 Å². The summed E-state index contributed by atoms with van der Waals surface area (Å²) in [6, 6.07) is 0. The fourth-order valence-corrected chi connectivity index (χ4v) is 1.91. The van der Waals surface area contributed by atoms with Crippen LogP contribution in [0.15, 0.2) is 0 Å². The fourth-order valence-electron chi connectivity index (χ4n) is 1.40. The standard InChI is InChI=1S/C7H16N2O2S/c1-6-3-8-4-7(6)5-9-12(2,10)11/h6-9H,3-5H2,1-2H3. The van der Waals surface area contributed by atoms with Crippen molar-refractivity contribution in [1.29, 1.82) is 0 Å². The van der Waals surface area contributed by atoms with Crippen molar-refractivity contribution in [3.63, 3.8) is 0 Å². The van der Waals surface area contributed by atoms with Crippen LogP contribution >= 0.6 is 0 Å². The molecular formula is C7H16N2O2S. The number of nitrogens with one attached hydrogen (secondary N) is 2. The quantitative estimate of drug-likeness (QED) is 0.627. The first-order chi connectivity index (χ1) is 5.49. The van der Waals surface area contributed by atoms with E-state index in [-0.39, 0.29) is 0 Å². The first-order valence-corrected chi connectivity index (χ1v) is 6.03. The van der Waals surface area contributed by atoms with Crippen molar-refractivity contribution in [3.05, 3.63) is 0 Å². The van der Waals surface area contributed by atoms with Crippen LogP contribution in [0.4, 0.5) is 0 Å². The number of hydrogen-bond donors (Lipinski definition) is 2. The SMILES string of the molecule is CC1CNCC1CNS(C)(=O)=O. The molecule has 1 aliphatic heterocycles. The van der Waals surface area contributed by atoms with Gasteiger partial charge in [0.05, 0.1) is 6.26 Å². The van der Waals surface area contributed by atoms with Crippen LogP contribution in [-0.2, 0) is 10.0 Å². The second-order valence-electron chi connectivity index (χ2n) is 3.52. The van der Waals surface area contributed by atoms with Gasteiger partial charge in [0, 0.05) is 6.54 Å². The summed E-state index contributed by atoms with van der Waals surface area (Å²) < 4.78 is 24.1. The molecule has 0 aromatic carbocycles. The van der Waals surface area contributed by atoms with Gasteiger partial charge >= 0.3 is 0 Å². The highest BCUT2D eigenvalue weighted by atomic mass is 32.2. The van der Waals surface area contributed by atoms with Crippen LogP contribution in [0, 0.1) is 11.8 Å². The Bertz CT molecular complexity index is 238. The third-order valence-corrected chi connectivity index (χ3v) is 2.98. The largest absolute Gasteiger partial charge is 0.316 e. The molecule has 2 unspecified atom stereocenters. The molecule has 0 radical (unpaired) electrons. The molecule has 0 bridgehead atoms. The highest BCUT2D eigenvalue weighted by Crippen LogP contribution is 2.14. The van der Waals surface area contributed by atoms with Gasteiger partial charge in [-0.1, -0.05) is 6.92 Å². The van der Waals surface area contributed by atoms with Gasteiger partial charge in [-0.25, -0.2) is 13.1 Å². The van der Waals surface area contributed by atoms with Gasteiger partial charge in [0.15, 0.2) is 0 Å². The minimum Gasteiger partial charge on any atom is -0.316 e. The first kappa shape index (κ1) is 9.95. The third kappa shape index (κ3) is 3.08. The molecule has 1 saturated heterocycles. The smallest absolute Gasteiger partial charge is 0.208 e. The van der Waals surface area contributed by atoms with Crippen molar-refractivity contribution in [3.8, 4) is 0 Å². The Hall–Kier alpha value is -0.130. The second-order valence-corrected chi connectivity index (χ2v) is 5.35. The minimum atomic E-state index is -3.01. The molecule has 2 N–H and O–H groups in total. The predicted octanol–water partition coefficient (Wildman–Crippen LogP) is -0.609. The Kier molecular flexibility index (Phi) is 3.09. The third-order valence-electron chi connectivity index (χ3n) is 2.29. The molecule has 1 aliphatic rings. The lowest BCUT2D eigenvalue weighted by Gasteiger charge is -2.13. The Labute approximate surface area is 73.8 Å². The Balaban J connectivity index is 2.32. The van der Waals surface area contributed by atoms with Gasteiger partial charge < -0.3 is 5.32 Å². The maximum absolute atomic E-state index is 10.8. The fraction of sp³-hybridized carbons (Fsp3) is 1.00. The van der Waals surface area contributed by atoms with E-state index >= 15 is 0 Å². The Morgan fingerprint density at radius 3 is 2.58 bits per heavy atom. The molecule has 1 fully saturated rings. The van der Waals surface area contributed by atoms with Crippen molar-refractivity contribution in [2.75, 3.05) is 25.9 Å². The minimum absolute atomic E-state index is 0.444. The van der Waals surface area contributed by atoms with E-state index < -0.39 is 10.0 Å². The molecule has 2 atom stereocenters. The van der Waals surface area contributed by atoms with Gasteiger partial charge in [-0.2, -0.15) is 0 Å². The summed E-state index contributed by atoms with van der Waals surface area (Å²) in [6.45, 7) is 4.61. The normalized spacial score (nSPS) is 30.8. The first-order valence-electron chi connectivity index (χ1n) is 4.14. The average molecular weight is 192 g/mol. The monoisotopic (exact) mass is 192 g/mol. The Morgan fingerprint density at radius 1 is 1.50 bits per heavy atom. The lowest BCUT2D eigenvalue weighted by Crippen LogP contribution is -2.31. The van der Waals surface area contributed by atoms with Crippen molar-refractivity contribution in [2.45, 2.75) is 6.92 Å². The van der Waals surface area contributed by atoms with E-state index in [0.717, 1.165) is 13.1 Å². The lowest BCUT2D eigenvalue weighted by atomic mass is 9.99. The van der Waals surface area contributed by atoms with Crippen LogP contribution in [-0.4, -0.2) is 34.3 Å². The predicted molar refractivity (Wildman–Crippen MR) is 48.4 cm³/mol. The van der Waals surface area contributed by atoms with Crippen LogP contribution < -0.4 is 10.0 Å². The van der Waals surface area contributed by atoms with E-state index in [0.29, 0.717) is 18.4 Å². The maximum atomic E-state index is 10.8. The molecule has 12 heavy (non-hydrogen) atoms. The average Bonchev–Trinajstić information content (AvgIpc) is 2.29. The van der Waals surface area contributed by atoms with Gasteiger partial charge in [-0.05, 0) is 24.9 Å². The zero-order chi connectivity index (χ0) is 9.19. The molecule has 0 spiro atoms. The molecular weight excluding hydrogens is 176 g/mol. The molecule has 4 nitrogen and oxygen atoms in total. The van der Waals surface area contributed by atoms with E-state index in [1.807, 2.05) is 0 Å². The summed E-state index contributed by atoms with van der Waals surface area (Å²) in [6.07, 6.45) is 1.19. The number of rotatable bonds is 3. The number of hydrogen-bond acceptors (Lipinski definition) is 3. The highest BCUT2D eigenvalue weighted by molar-refractivity contribution is 7.88. The summed E-state index contributed by atoms with van der Waals surface area (Å²) in [5.74, 6) is 1.01. The highest BCUT2D eigenvalue weighted by Gasteiger charge is 2.23. The zero-order valence-corrected chi connectivity index (χ0v) is 8.32. The van der Waals surface area contributed by atoms with Crippen molar-refractivity contribution >= 4 is 10.0 Å². The van der Waals surface area contributed by atoms with Gasteiger partial charge in [-0.3, -0.25) is 0 Å². The summed E-state index contributed by atoms with van der Waals surface area (Å²) >= 11 is 0. The van der Waals surface area contributed by atoms with Gasteiger partial charge in [0.2, 0.25) is 10.0 Å². The summed E-state index contributed by atoms with van der Waals surface area (Å²) in [5, 5.41) is 3.22. The molecule has 0 aromatic heterocycles. The van der Waals surface area contributed by atoms with Gasteiger partial charge in [0.1, 0.15) is 0 Å². The second kappa shape index (κ2) is 3.72. The van der Waals surface area contributed by atoms with E-state index in [1.165, 1.54) is 6.26 Å². The van der Waals surface area contributed by atoms with Crippen LogP contribution in [0.5, 0.6) is 0 Å². The van der Waals surface area contributed by atoms with E-state index in [2.05, 4.69) is 17.0 Å². The van der Waals surface area contributed by atoms with Crippen LogP contribution in [0.1, 0.15) is 6.92 Å². The maximum Gasteiger partial charge on any atom is 0.208 e. The van der Waals surface area contributed by atoms with Gasteiger partial charge in [0.25, 0.3) is 0 Å². The molecule has 0 saturated carbocycles. The summed E-state index contributed by atoms with van der Waals surface area (Å²) in [7, 11) is -3.01. The molecule has 72 valence electrons. The Morgan fingerprint density at radius 2 is 2.17 bits per heavy atom. The molecule has 0 aliphatic carbocycles. The van der Waals surface area contributed by atoms with Crippen molar-refractivity contribution in [1.82, 2.24) is 10.0 Å². The molecule has 0 aromatic rings. The molecule has 0 amide bonds. The van der Waals surface area contributed by atoms with Crippen molar-refractivity contribution < 1.29 is 8.42 Å². The van der Waals surface area contributed by atoms with E-state index in [9.17, 15) is 8.42 Å². The van der Waals surface area contributed by atoms with Gasteiger partial charge in [-0.15, -0.1) is 0 Å². The zero-order valence-electron chi connectivity index (χ0n) is 7.50. The van der Waals surface area contributed by atoms with Crippen LogP contribution in [0.25, 0.3) is 0 Å². The summed E-state index contributed by atoms with van der Waals surface area (Å²) in [4.78, 5) is 0. The molecule has 1 rings (SSSR count).